The Kier molecular flexibility index (Phi) is 7.22. The highest BCUT2D eigenvalue weighted by atomic mass is 16.6. The van der Waals surface area contributed by atoms with Gasteiger partial charge in [-0.2, -0.15) is 0 Å². The fraction of sp³-hybridized carbons (Fsp3) is 0.800. The van der Waals surface area contributed by atoms with Gasteiger partial charge in [-0.05, 0) is 47.0 Å². The molecule has 0 aromatic heterocycles. The first-order chi connectivity index (χ1) is 8.17. The second-order valence-corrected chi connectivity index (χ2v) is 6.00. The van der Waals surface area contributed by atoms with Crippen molar-refractivity contribution in [3.8, 4) is 0 Å². The standard InChI is InChI=1S/C15H28O3/c1-8-17-10-13(12(4)9-11(2)3)14(16)18-15(5,6)7/h11H,8-10H2,1-7H3. The number of carbonyl (C=O) groups excluding carboxylic acids is 1. The van der Waals surface area contributed by atoms with Crippen LogP contribution in [-0.2, 0) is 14.3 Å². The lowest BCUT2D eigenvalue weighted by atomic mass is 9.99. The summed E-state index contributed by atoms with van der Waals surface area (Å²) in [5, 5.41) is 0. The summed E-state index contributed by atoms with van der Waals surface area (Å²) < 4.78 is 10.8. The summed E-state index contributed by atoms with van der Waals surface area (Å²) >= 11 is 0. The fourth-order valence-electron chi connectivity index (χ4n) is 1.64. The smallest absolute Gasteiger partial charge is 0.336 e. The third-order valence-corrected chi connectivity index (χ3v) is 2.33. The van der Waals surface area contributed by atoms with E-state index in [0.29, 0.717) is 24.7 Å². The van der Waals surface area contributed by atoms with Crippen LogP contribution in [0.4, 0.5) is 0 Å². The van der Waals surface area contributed by atoms with E-state index in [0.717, 1.165) is 12.0 Å². The van der Waals surface area contributed by atoms with Gasteiger partial charge in [-0.25, -0.2) is 4.79 Å². The topological polar surface area (TPSA) is 35.5 Å². The monoisotopic (exact) mass is 256 g/mol. The fourth-order valence-corrected chi connectivity index (χ4v) is 1.64. The Balaban J connectivity index is 4.92. The molecule has 0 aliphatic heterocycles. The molecule has 0 saturated heterocycles. The number of allylic oxidation sites excluding steroid dienone is 1. The molecule has 3 heteroatoms. The van der Waals surface area contributed by atoms with Crippen molar-refractivity contribution in [1.82, 2.24) is 0 Å². The van der Waals surface area contributed by atoms with Gasteiger partial charge < -0.3 is 9.47 Å². The molecular formula is C15H28O3. The van der Waals surface area contributed by atoms with E-state index in [2.05, 4.69) is 13.8 Å². The van der Waals surface area contributed by atoms with Gasteiger partial charge in [0.05, 0.1) is 12.2 Å². The van der Waals surface area contributed by atoms with E-state index >= 15 is 0 Å². The first-order valence-corrected chi connectivity index (χ1v) is 6.67. The minimum Gasteiger partial charge on any atom is -0.457 e. The first kappa shape index (κ1) is 17.2. The van der Waals surface area contributed by atoms with E-state index in [9.17, 15) is 4.79 Å². The summed E-state index contributed by atoms with van der Waals surface area (Å²) in [5.74, 6) is 0.262. The molecule has 106 valence electrons. The lowest BCUT2D eigenvalue weighted by Gasteiger charge is -2.22. The van der Waals surface area contributed by atoms with Crippen LogP contribution in [-0.4, -0.2) is 24.8 Å². The van der Waals surface area contributed by atoms with Crippen molar-refractivity contribution >= 4 is 5.97 Å². The zero-order valence-corrected chi connectivity index (χ0v) is 12.9. The first-order valence-electron chi connectivity index (χ1n) is 6.67. The average molecular weight is 256 g/mol. The van der Waals surface area contributed by atoms with Gasteiger partial charge in [-0.1, -0.05) is 19.4 Å². The van der Waals surface area contributed by atoms with E-state index in [-0.39, 0.29) is 5.97 Å². The molecule has 0 radical (unpaired) electrons. The van der Waals surface area contributed by atoms with Crippen LogP contribution in [0.15, 0.2) is 11.1 Å². The summed E-state index contributed by atoms with van der Waals surface area (Å²) in [6.07, 6.45) is 0.891. The largest absolute Gasteiger partial charge is 0.457 e. The lowest BCUT2D eigenvalue weighted by molar-refractivity contribution is -0.150. The molecule has 0 amide bonds. The Morgan fingerprint density at radius 1 is 1.22 bits per heavy atom. The molecule has 0 aliphatic carbocycles. The molecule has 3 nitrogen and oxygen atoms in total. The maximum absolute atomic E-state index is 12.1. The number of rotatable bonds is 6. The normalized spacial score (nSPS) is 13.6. The summed E-state index contributed by atoms with van der Waals surface area (Å²) in [5.41, 5.74) is 1.26. The summed E-state index contributed by atoms with van der Waals surface area (Å²) in [6.45, 7) is 14.7. The van der Waals surface area contributed by atoms with Crippen LogP contribution in [0, 0.1) is 5.92 Å². The average Bonchev–Trinajstić information content (AvgIpc) is 2.13. The van der Waals surface area contributed by atoms with Gasteiger partial charge in [0.15, 0.2) is 0 Å². The van der Waals surface area contributed by atoms with Crippen LogP contribution in [0.2, 0.25) is 0 Å². The summed E-state index contributed by atoms with van der Waals surface area (Å²) in [4.78, 5) is 12.1. The van der Waals surface area contributed by atoms with E-state index in [1.165, 1.54) is 0 Å². The Morgan fingerprint density at radius 2 is 1.78 bits per heavy atom. The van der Waals surface area contributed by atoms with Gasteiger partial charge in [0.1, 0.15) is 5.60 Å². The maximum atomic E-state index is 12.1. The molecule has 0 atom stereocenters. The van der Waals surface area contributed by atoms with E-state index in [4.69, 9.17) is 9.47 Å². The molecule has 18 heavy (non-hydrogen) atoms. The van der Waals surface area contributed by atoms with E-state index in [1.807, 2.05) is 34.6 Å². The third-order valence-electron chi connectivity index (χ3n) is 2.33. The van der Waals surface area contributed by atoms with Gasteiger partial charge in [0.25, 0.3) is 0 Å². The van der Waals surface area contributed by atoms with Crippen LogP contribution < -0.4 is 0 Å². The van der Waals surface area contributed by atoms with Gasteiger partial charge in [0, 0.05) is 6.61 Å². The van der Waals surface area contributed by atoms with Crippen LogP contribution in [0.3, 0.4) is 0 Å². The summed E-state index contributed by atoms with van der Waals surface area (Å²) in [7, 11) is 0. The quantitative estimate of drug-likeness (QED) is 0.536. The second kappa shape index (κ2) is 7.57. The highest BCUT2D eigenvalue weighted by molar-refractivity contribution is 5.89. The zero-order chi connectivity index (χ0) is 14.3. The zero-order valence-electron chi connectivity index (χ0n) is 12.9. The maximum Gasteiger partial charge on any atom is 0.336 e. The molecule has 0 heterocycles. The molecule has 0 rings (SSSR count). The van der Waals surface area contributed by atoms with Crippen LogP contribution >= 0.6 is 0 Å². The molecule has 0 aliphatic rings. The van der Waals surface area contributed by atoms with Crippen molar-refractivity contribution in [2.45, 2.75) is 60.5 Å². The molecule has 0 aromatic carbocycles. The highest BCUT2D eigenvalue weighted by Crippen LogP contribution is 2.19. The SMILES string of the molecule is CCOCC(C(=O)OC(C)(C)C)=C(C)CC(C)C. The van der Waals surface area contributed by atoms with E-state index in [1.54, 1.807) is 0 Å². The number of carbonyl (C=O) groups is 1. The summed E-state index contributed by atoms with van der Waals surface area (Å²) in [6, 6.07) is 0. The number of hydrogen-bond acceptors (Lipinski definition) is 3. The molecule has 0 spiro atoms. The van der Waals surface area contributed by atoms with Gasteiger partial charge in [0.2, 0.25) is 0 Å². The number of esters is 1. The van der Waals surface area contributed by atoms with Crippen molar-refractivity contribution in [2.75, 3.05) is 13.2 Å². The molecule has 0 N–H and O–H groups in total. The predicted octanol–water partition coefficient (Wildman–Crippen LogP) is 3.73. The number of hydrogen-bond donors (Lipinski definition) is 0. The Labute approximate surface area is 112 Å². The minimum atomic E-state index is -0.466. The molecule has 0 unspecified atom stereocenters. The number of ether oxygens (including phenoxy) is 2. The van der Waals surface area contributed by atoms with Gasteiger partial charge >= 0.3 is 5.97 Å². The Morgan fingerprint density at radius 3 is 2.17 bits per heavy atom. The van der Waals surface area contributed by atoms with Crippen molar-refractivity contribution < 1.29 is 14.3 Å². The highest BCUT2D eigenvalue weighted by Gasteiger charge is 2.21. The van der Waals surface area contributed by atoms with Crippen molar-refractivity contribution in [3.63, 3.8) is 0 Å². The second-order valence-electron chi connectivity index (χ2n) is 6.00. The van der Waals surface area contributed by atoms with Crippen LogP contribution in [0.1, 0.15) is 54.9 Å². The molecule has 0 fully saturated rings. The predicted molar refractivity (Wildman–Crippen MR) is 74.5 cm³/mol. The van der Waals surface area contributed by atoms with Crippen LogP contribution in [0.5, 0.6) is 0 Å². The van der Waals surface area contributed by atoms with Gasteiger partial charge in [-0.15, -0.1) is 0 Å². The molecule has 0 aromatic rings. The van der Waals surface area contributed by atoms with E-state index < -0.39 is 5.60 Å². The Hall–Kier alpha value is -0.830. The van der Waals surface area contributed by atoms with Crippen molar-refractivity contribution in [1.29, 1.82) is 0 Å². The Bertz CT molecular complexity index is 295. The van der Waals surface area contributed by atoms with Crippen molar-refractivity contribution in [3.05, 3.63) is 11.1 Å². The molecule has 0 saturated carbocycles. The lowest BCUT2D eigenvalue weighted by Crippen LogP contribution is -2.27. The molecule has 0 bridgehead atoms. The van der Waals surface area contributed by atoms with Gasteiger partial charge in [-0.3, -0.25) is 0 Å². The van der Waals surface area contributed by atoms with Crippen LogP contribution in [0.25, 0.3) is 0 Å². The third kappa shape index (κ3) is 7.49. The molecular weight excluding hydrogens is 228 g/mol. The van der Waals surface area contributed by atoms with Crippen molar-refractivity contribution in [2.24, 2.45) is 5.92 Å². The minimum absolute atomic E-state index is 0.255.